The first-order chi connectivity index (χ1) is 10.1. The number of aryl methyl sites for hydroxylation is 1. The lowest BCUT2D eigenvalue weighted by Gasteiger charge is -2.15. The highest BCUT2D eigenvalue weighted by molar-refractivity contribution is 9.10. The third kappa shape index (κ3) is 2.57. The van der Waals surface area contributed by atoms with Crippen molar-refractivity contribution in [2.45, 2.75) is 13.0 Å². The molecule has 106 valence electrons. The third-order valence-electron chi connectivity index (χ3n) is 3.49. The van der Waals surface area contributed by atoms with E-state index in [1.165, 1.54) is 6.07 Å². The highest BCUT2D eigenvalue weighted by atomic mass is 79.9. The Morgan fingerprint density at radius 1 is 1.14 bits per heavy atom. The number of aliphatic hydroxyl groups is 1. The molecule has 0 bridgehead atoms. The molecule has 0 aliphatic rings. The molecule has 21 heavy (non-hydrogen) atoms. The molecule has 1 N–H and O–H groups in total. The monoisotopic (exact) mass is 345 g/mol. The SMILES string of the molecule is Cc1ccc(F)c(C(O)c2ccc(Br)c3cccnc23)c1. The van der Waals surface area contributed by atoms with Crippen molar-refractivity contribution in [2.75, 3.05) is 0 Å². The average Bonchev–Trinajstić information content (AvgIpc) is 2.50. The number of benzene rings is 2. The number of pyridine rings is 1. The Bertz CT molecular complexity index is 819. The van der Waals surface area contributed by atoms with Crippen LogP contribution in [0.5, 0.6) is 0 Å². The lowest BCUT2D eigenvalue weighted by atomic mass is 9.97. The highest BCUT2D eigenvalue weighted by Gasteiger charge is 2.19. The maximum Gasteiger partial charge on any atom is 0.129 e. The Morgan fingerprint density at radius 2 is 1.95 bits per heavy atom. The van der Waals surface area contributed by atoms with Gasteiger partial charge < -0.3 is 5.11 Å². The summed E-state index contributed by atoms with van der Waals surface area (Å²) in [5.41, 5.74) is 2.43. The maximum atomic E-state index is 14.0. The fraction of sp³-hybridized carbons (Fsp3) is 0.118. The van der Waals surface area contributed by atoms with Crippen LogP contribution in [0.2, 0.25) is 0 Å². The van der Waals surface area contributed by atoms with Gasteiger partial charge in [-0.3, -0.25) is 4.98 Å². The first kappa shape index (κ1) is 14.2. The fourth-order valence-electron chi connectivity index (χ4n) is 2.42. The predicted molar refractivity (Wildman–Crippen MR) is 84.6 cm³/mol. The van der Waals surface area contributed by atoms with E-state index in [2.05, 4.69) is 20.9 Å². The molecule has 0 radical (unpaired) electrons. The molecule has 3 rings (SSSR count). The van der Waals surface area contributed by atoms with Gasteiger partial charge in [-0.25, -0.2) is 4.39 Å². The summed E-state index contributed by atoms with van der Waals surface area (Å²) in [5, 5.41) is 11.5. The Morgan fingerprint density at radius 3 is 2.76 bits per heavy atom. The van der Waals surface area contributed by atoms with Crippen molar-refractivity contribution in [3.63, 3.8) is 0 Å². The number of aliphatic hydroxyl groups excluding tert-OH is 1. The minimum atomic E-state index is -1.05. The predicted octanol–water partition coefficient (Wildman–Crippen LogP) is 4.53. The minimum Gasteiger partial charge on any atom is -0.383 e. The summed E-state index contributed by atoms with van der Waals surface area (Å²) in [6, 6.07) is 12.1. The second-order valence-electron chi connectivity index (χ2n) is 4.96. The molecule has 0 saturated heterocycles. The Kier molecular flexibility index (Phi) is 3.74. The summed E-state index contributed by atoms with van der Waals surface area (Å²) in [5.74, 6) is -0.417. The Hall–Kier alpha value is -1.78. The number of halogens is 2. The molecule has 1 atom stereocenters. The summed E-state index contributed by atoms with van der Waals surface area (Å²) in [4.78, 5) is 4.33. The van der Waals surface area contributed by atoms with Crippen LogP contribution in [0.4, 0.5) is 4.39 Å². The van der Waals surface area contributed by atoms with Gasteiger partial charge in [-0.05, 0) is 25.1 Å². The molecule has 0 amide bonds. The molecule has 2 nitrogen and oxygen atoms in total. The quantitative estimate of drug-likeness (QED) is 0.740. The van der Waals surface area contributed by atoms with Crippen LogP contribution < -0.4 is 0 Å². The summed E-state index contributed by atoms with van der Waals surface area (Å²) in [7, 11) is 0. The Labute approximate surface area is 130 Å². The van der Waals surface area contributed by atoms with Gasteiger partial charge in [0.25, 0.3) is 0 Å². The van der Waals surface area contributed by atoms with Crippen LogP contribution in [-0.2, 0) is 0 Å². The number of hydrogen-bond donors (Lipinski definition) is 1. The number of hydrogen-bond acceptors (Lipinski definition) is 2. The first-order valence-corrected chi connectivity index (χ1v) is 7.34. The number of nitrogens with zero attached hydrogens (tertiary/aromatic N) is 1. The van der Waals surface area contributed by atoms with Gasteiger partial charge in [0, 0.05) is 27.2 Å². The van der Waals surface area contributed by atoms with Crippen molar-refractivity contribution in [1.82, 2.24) is 4.98 Å². The second-order valence-corrected chi connectivity index (χ2v) is 5.82. The summed E-state index contributed by atoms with van der Waals surface area (Å²) in [6.07, 6.45) is 0.618. The largest absolute Gasteiger partial charge is 0.383 e. The van der Waals surface area contributed by atoms with Crippen LogP contribution in [0.25, 0.3) is 10.9 Å². The van der Waals surface area contributed by atoms with Gasteiger partial charge in [-0.2, -0.15) is 0 Å². The van der Waals surface area contributed by atoms with Gasteiger partial charge in [0.15, 0.2) is 0 Å². The smallest absolute Gasteiger partial charge is 0.129 e. The molecule has 1 aromatic heterocycles. The summed E-state index contributed by atoms with van der Waals surface area (Å²) < 4.78 is 14.9. The van der Waals surface area contributed by atoms with Gasteiger partial charge in [0.1, 0.15) is 11.9 Å². The topological polar surface area (TPSA) is 33.1 Å². The van der Waals surface area contributed by atoms with Crippen molar-refractivity contribution in [1.29, 1.82) is 0 Å². The molecule has 0 aliphatic heterocycles. The number of fused-ring (bicyclic) bond motifs is 1. The fourth-order valence-corrected chi connectivity index (χ4v) is 2.87. The van der Waals surface area contributed by atoms with Gasteiger partial charge in [0.05, 0.1) is 5.52 Å². The van der Waals surface area contributed by atoms with Crippen molar-refractivity contribution < 1.29 is 9.50 Å². The summed E-state index contributed by atoms with van der Waals surface area (Å²) >= 11 is 3.47. The zero-order valence-corrected chi connectivity index (χ0v) is 12.9. The van der Waals surface area contributed by atoms with E-state index in [-0.39, 0.29) is 5.56 Å². The molecule has 3 aromatic rings. The van der Waals surface area contributed by atoms with Crippen molar-refractivity contribution in [3.8, 4) is 0 Å². The average molecular weight is 346 g/mol. The normalized spacial score (nSPS) is 12.6. The molecule has 1 unspecified atom stereocenters. The van der Waals surface area contributed by atoms with E-state index in [0.717, 1.165) is 15.4 Å². The van der Waals surface area contributed by atoms with Crippen LogP contribution in [0, 0.1) is 12.7 Å². The van der Waals surface area contributed by atoms with E-state index in [1.54, 1.807) is 24.4 Å². The maximum absolute atomic E-state index is 14.0. The zero-order chi connectivity index (χ0) is 15.0. The van der Waals surface area contributed by atoms with Gasteiger partial charge >= 0.3 is 0 Å². The van der Waals surface area contributed by atoms with Crippen molar-refractivity contribution in [3.05, 3.63) is 75.6 Å². The number of aromatic nitrogens is 1. The van der Waals surface area contributed by atoms with Crippen molar-refractivity contribution in [2.24, 2.45) is 0 Å². The van der Waals surface area contributed by atoms with E-state index >= 15 is 0 Å². The van der Waals surface area contributed by atoms with E-state index in [4.69, 9.17) is 0 Å². The molecule has 0 aliphatic carbocycles. The molecule has 4 heteroatoms. The van der Waals surface area contributed by atoms with E-state index < -0.39 is 11.9 Å². The highest BCUT2D eigenvalue weighted by Crippen LogP contribution is 2.32. The van der Waals surface area contributed by atoms with E-state index in [9.17, 15) is 9.50 Å². The molecule has 0 fully saturated rings. The van der Waals surface area contributed by atoms with Gasteiger partial charge in [-0.15, -0.1) is 0 Å². The number of rotatable bonds is 2. The summed E-state index contributed by atoms with van der Waals surface area (Å²) in [6.45, 7) is 1.87. The Balaban J connectivity index is 2.20. The van der Waals surface area contributed by atoms with Crippen LogP contribution in [0.15, 0.2) is 53.1 Å². The van der Waals surface area contributed by atoms with E-state index in [1.807, 2.05) is 25.1 Å². The van der Waals surface area contributed by atoms with E-state index in [0.29, 0.717) is 11.1 Å². The zero-order valence-electron chi connectivity index (χ0n) is 11.3. The van der Waals surface area contributed by atoms with Crippen LogP contribution in [0.3, 0.4) is 0 Å². The lowest BCUT2D eigenvalue weighted by molar-refractivity contribution is 0.216. The van der Waals surface area contributed by atoms with Crippen LogP contribution >= 0.6 is 15.9 Å². The molecule has 0 spiro atoms. The molecule has 0 saturated carbocycles. The first-order valence-electron chi connectivity index (χ1n) is 6.55. The standard InChI is InChI=1S/C17H13BrFNO/c1-10-4-7-15(19)13(9-10)17(21)12-5-6-14(18)11-3-2-8-20-16(11)12/h2-9,17,21H,1H3. The van der Waals surface area contributed by atoms with Gasteiger partial charge in [-0.1, -0.05) is 45.8 Å². The third-order valence-corrected chi connectivity index (χ3v) is 4.18. The molecule has 1 heterocycles. The second kappa shape index (κ2) is 5.54. The molecule has 2 aromatic carbocycles. The van der Waals surface area contributed by atoms with Crippen molar-refractivity contribution >= 4 is 26.8 Å². The molecular formula is C17H13BrFNO. The van der Waals surface area contributed by atoms with Crippen LogP contribution in [-0.4, -0.2) is 10.1 Å². The molecular weight excluding hydrogens is 333 g/mol. The lowest BCUT2D eigenvalue weighted by Crippen LogP contribution is -2.04. The van der Waals surface area contributed by atoms with Crippen LogP contribution in [0.1, 0.15) is 22.8 Å². The van der Waals surface area contributed by atoms with Gasteiger partial charge in [0.2, 0.25) is 0 Å². The minimum absolute atomic E-state index is 0.268.